The summed E-state index contributed by atoms with van der Waals surface area (Å²) in [5.74, 6) is -0.640. The van der Waals surface area contributed by atoms with Gasteiger partial charge >= 0.3 is 0 Å². The molecule has 2 amide bonds. The Bertz CT molecular complexity index is 423. The molecule has 98 valence electrons. The molecule has 0 spiro atoms. The summed E-state index contributed by atoms with van der Waals surface area (Å²) in [6.45, 7) is 1.81. The maximum Gasteiger partial charge on any atom is 0.230 e. The highest BCUT2D eigenvalue weighted by atomic mass is 32.2. The molecular formula is C12H15FN2O2S. The number of amides is 2. The lowest BCUT2D eigenvalue weighted by molar-refractivity contribution is -0.119. The van der Waals surface area contributed by atoms with Gasteiger partial charge in [-0.2, -0.15) is 0 Å². The SMILES string of the molecule is C[C@H](NC(=O)CSCC(N)=O)c1ccc(F)cc1. The van der Waals surface area contributed by atoms with Crippen LogP contribution in [0.4, 0.5) is 4.39 Å². The summed E-state index contributed by atoms with van der Waals surface area (Å²) >= 11 is 1.16. The third kappa shape index (κ3) is 5.18. The molecule has 0 radical (unpaired) electrons. The van der Waals surface area contributed by atoms with Crippen molar-refractivity contribution in [3.05, 3.63) is 35.6 Å². The summed E-state index contributed by atoms with van der Waals surface area (Å²) in [5, 5.41) is 2.76. The van der Waals surface area contributed by atoms with E-state index >= 15 is 0 Å². The van der Waals surface area contributed by atoms with Gasteiger partial charge in [0, 0.05) is 0 Å². The first-order valence-corrected chi connectivity index (χ1v) is 6.55. The van der Waals surface area contributed by atoms with E-state index in [1.807, 2.05) is 6.92 Å². The van der Waals surface area contributed by atoms with E-state index < -0.39 is 5.91 Å². The van der Waals surface area contributed by atoms with Crippen LogP contribution in [0.15, 0.2) is 24.3 Å². The van der Waals surface area contributed by atoms with Gasteiger partial charge in [0.1, 0.15) is 5.82 Å². The Hall–Kier alpha value is -1.56. The van der Waals surface area contributed by atoms with Gasteiger partial charge in [0.05, 0.1) is 17.5 Å². The van der Waals surface area contributed by atoms with Crippen LogP contribution in [-0.4, -0.2) is 23.3 Å². The number of halogens is 1. The Morgan fingerprint density at radius 3 is 2.50 bits per heavy atom. The van der Waals surface area contributed by atoms with Crippen LogP contribution in [0.2, 0.25) is 0 Å². The number of hydrogen-bond acceptors (Lipinski definition) is 3. The molecule has 0 aliphatic heterocycles. The highest BCUT2D eigenvalue weighted by Crippen LogP contribution is 2.13. The third-order valence-electron chi connectivity index (χ3n) is 2.22. The van der Waals surface area contributed by atoms with Gasteiger partial charge in [-0.3, -0.25) is 9.59 Å². The van der Waals surface area contributed by atoms with E-state index in [9.17, 15) is 14.0 Å². The zero-order valence-electron chi connectivity index (χ0n) is 9.98. The van der Waals surface area contributed by atoms with Gasteiger partial charge in [0.2, 0.25) is 11.8 Å². The largest absolute Gasteiger partial charge is 0.369 e. The second kappa shape index (κ2) is 7.00. The monoisotopic (exact) mass is 270 g/mol. The molecule has 0 aliphatic rings. The predicted molar refractivity (Wildman–Crippen MR) is 69.5 cm³/mol. The van der Waals surface area contributed by atoms with Crippen molar-refractivity contribution in [3.8, 4) is 0 Å². The van der Waals surface area contributed by atoms with Crippen molar-refractivity contribution < 1.29 is 14.0 Å². The standard InChI is InChI=1S/C12H15FN2O2S/c1-8(9-2-4-10(13)5-3-9)15-12(17)7-18-6-11(14)16/h2-5,8H,6-7H2,1H3,(H2,14,16)(H,15,17)/t8-/m0/s1. The number of thioether (sulfide) groups is 1. The minimum atomic E-state index is -0.445. The average Bonchev–Trinajstić information content (AvgIpc) is 2.29. The van der Waals surface area contributed by atoms with Gasteiger partial charge in [-0.05, 0) is 24.6 Å². The molecule has 0 unspecified atom stereocenters. The highest BCUT2D eigenvalue weighted by Gasteiger charge is 2.09. The maximum atomic E-state index is 12.7. The zero-order valence-corrected chi connectivity index (χ0v) is 10.8. The predicted octanol–water partition coefficient (Wildman–Crippen LogP) is 1.22. The number of benzene rings is 1. The zero-order chi connectivity index (χ0) is 13.5. The lowest BCUT2D eigenvalue weighted by atomic mass is 10.1. The van der Waals surface area contributed by atoms with Crippen molar-refractivity contribution in [2.75, 3.05) is 11.5 Å². The van der Waals surface area contributed by atoms with Crippen LogP contribution in [0.5, 0.6) is 0 Å². The molecule has 6 heteroatoms. The van der Waals surface area contributed by atoms with Gasteiger partial charge in [0.25, 0.3) is 0 Å². The fourth-order valence-corrected chi connectivity index (χ4v) is 1.93. The van der Waals surface area contributed by atoms with E-state index in [1.54, 1.807) is 12.1 Å². The van der Waals surface area contributed by atoms with Crippen LogP contribution >= 0.6 is 11.8 Å². The molecule has 3 N–H and O–H groups in total. The second-order valence-corrected chi connectivity index (χ2v) is 4.79. The summed E-state index contributed by atoms with van der Waals surface area (Å²) in [6.07, 6.45) is 0. The van der Waals surface area contributed by atoms with Crippen LogP contribution in [-0.2, 0) is 9.59 Å². The minimum absolute atomic E-state index is 0.123. The van der Waals surface area contributed by atoms with Crippen LogP contribution < -0.4 is 11.1 Å². The van der Waals surface area contributed by atoms with E-state index in [0.717, 1.165) is 17.3 Å². The number of nitrogens with one attached hydrogen (secondary N) is 1. The molecule has 18 heavy (non-hydrogen) atoms. The molecule has 0 saturated carbocycles. The summed E-state index contributed by atoms with van der Waals surface area (Å²) in [5.41, 5.74) is 5.78. The van der Waals surface area contributed by atoms with Crippen molar-refractivity contribution in [1.82, 2.24) is 5.32 Å². The smallest absolute Gasteiger partial charge is 0.230 e. The quantitative estimate of drug-likeness (QED) is 0.816. The van der Waals surface area contributed by atoms with Crippen molar-refractivity contribution in [2.45, 2.75) is 13.0 Å². The summed E-state index contributed by atoms with van der Waals surface area (Å²) in [4.78, 5) is 22.0. The van der Waals surface area contributed by atoms with Crippen LogP contribution in [0.25, 0.3) is 0 Å². The van der Waals surface area contributed by atoms with Crippen molar-refractivity contribution in [2.24, 2.45) is 5.73 Å². The van der Waals surface area contributed by atoms with E-state index in [-0.39, 0.29) is 29.3 Å². The van der Waals surface area contributed by atoms with Crippen LogP contribution in [0.1, 0.15) is 18.5 Å². The molecule has 0 aliphatic carbocycles. The Balaban J connectivity index is 2.39. The first-order valence-electron chi connectivity index (χ1n) is 5.40. The molecule has 0 saturated heterocycles. The fourth-order valence-electron chi connectivity index (χ4n) is 1.36. The molecule has 0 heterocycles. The van der Waals surface area contributed by atoms with Crippen LogP contribution in [0.3, 0.4) is 0 Å². The Labute approximate surface area is 109 Å². The topological polar surface area (TPSA) is 72.2 Å². The molecule has 1 aromatic carbocycles. The summed E-state index contributed by atoms with van der Waals surface area (Å²) < 4.78 is 12.7. The number of carbonyl (C=O) groups is 2. The second-order valence-electron chi connectivity index (χ2n) is 3.80. The summed E-state index contributed by atoms with van der Waals surface area (Å²) in [7, 11) is 0. The maximum absolute atomic E-state index is 12.7. The number of carbonyl (C=O) groups excluding carboxylic acids is 2. The minimum Gasteiger partial charge on any atom is -0.369 e. The van der Waals surface area contributed by atoms with E-state index in [0.29, 0.717) is 0 Å². The first kappa shape index (κ1) is 14.5. The first-order chi connectivity index (χ1) is 8.49. The summed E-state index contributed by atoms with van der Waals surface area (Å²) in [6, 6.07) is 5.74. The van der Waals surface area contributed by atoms with Crippen LogP contribution in [0, 0.1) is 5.82 Å². The Kier molecular flexibility index (Phi) is 5.64. The van der Waals surface area contributed by atoms with Gasteiger partial charge in [-0.1, -0.05) is 12.1 Å². The van der Waals surface area contributed by atoms with E-state index in [1.165, 1.54) is 12.1 Å². The van der Waals surface area contributed by atoms with E-state index in [2.05, 4.69) is 5.32 Å². The Morgan fingerprint density at radius 2 is 1.94 bits per heavy atom. The van der Waals surface area contributed by atoms with Crippen molar-refractivity contribution in [1.29, 1.82) is 0 Å². The molecule has 1 aromatic rings. The number of nitrogens with two attached hydrogens (primary N) is 1. The Morgan fingerprint density at radius 1 is 1.33 bits per heavy atom. The van der Waals surface area contributed by atoms with Gasteiger partial charge < -0.3 is 11.1 Å². The van der Waals surface area contributed by atoms with Gasteiger partial charge in [-0.15, -0.1) is 11.8 Å². The molecule has 1 rings (SSSR count). The molecule has 0 fully saturated rings. The van der Waals surface area contributed by atoms with Gasteiger partial charge in [-0.25, -0.2) is 4.39 Å². The molecule has 4 nitrogen and oxygen atoms in total. The number of primary amides is 1. The van der Waals surface area contributed by atoms with E-state index in [4.69, 9.17) is 5.73 Å². The molecule has 0 aromatic heterocycles. The van der Waals surface area contributed by atoms with Crippen molar-refractivity contribution >= 4 is 23.6 Å². The molecular weight excluding hydrogens is 255 g/mol. The molecule has 0 bridgehead atoms. The third-order valence-corrected chi connectivity index (χ3v) is 3.18. The average molecular weight is 270 g/mol. The number of rotatable bonds is 6. The van der Waals surface area contributed by atoms with Crippen molar-refractivity contribution in [3.63, 3.8) is 0 Å². The van der Waals surface area contributed by atoms with Gasteiger partial charge in [0.15, 0.2) is 0 Å². The molecule has 1 atom stereocenters. The fraction of sp³-hybridized carbons (Fsp3) is 0.333. The lowest BCUT2D eigenvalue weighted by Crippen LogP contribution is -2.28. The normalized spacial score (nSPS) is 11.9. The highest BCUT2D eigenvalue weighted by molar-refractivity contribution is 8.00. The number of hydrogen-bond donors (Lipinski definition) is 2. The lowest BCUT2D eigenvalue weighted by Gasteiger charge is -2.14.